The maximum Gasteiger partial charge on any atom is 0.232 e. The summed E-state index contributed by atoms with van der Waals surface area (Å²) in [6, 6.07) is 19.2. The molecule has 2 aromatic heterocycles. The average molecular weight is 435 g/mol. The molecule has 0 spiro atoms. The number of aliphatic hydroxyl groups is 1. The van der Waals surface area contributed by atoms with Crippen LogP contribution in [0.2, 0.25) is 5.02 Å². The summed E-state index contributed by atoms with van der Waals surface area (Å²) >= 11 is 6.03. The van der Waals surface area contributed by atoms with Crippen LogP contribution < -0.4 is 5.32 Å². The van der Waals surface area contributed by atoms with Crippen molar-refractivity contribution in [3.63, 3.8) is 0 Å². The number of hydrogen-bond acceptors (Lipinski definition) is 4. The van der Waals surface area contributed by atoms with E-state index in [0.717, 1.165) is 22.4 Å². The van der Waals surface area contributed by atoms with Gasteiger partial charge in [-0.25, -0.2) is 9.50 Å². The van der Waals surface area contributed by atoms with Crippen molar-refractivity contribution in [2.24, 2.45) is 0 Å². The molecule has 0 saturated carbocycles. The van der Waals surface area contributed by atoms with E-state index in [1.54, 1.807) is 16.9 Å². The first kappa shape index (κ1) is 21.0. The number of nitrogens with zero attached hydrogens (tertiary/aromatic N) is 3. The van der Waals surface area contributed by atoms with Crippen LogP contribution in [0.3, 0.4) is 0 Å². The van der Waals surface area contributed by atoms with E-state index in [4.69, 9.17) is 11.6 Å². The molecule has 2 N–H and O–H groups in total. The van der Waals surface area contributed by atoms with E-state index in [1.807, 2.05) is 67.6 Å². The Hall–Kier alpha value is -3.22. The van der Waals surface area contributed by atoms with Crippen molar-refractivity contribution < 1.29 is 9.90 Å². The minimum Gasteiger partial charge on any atom is -0.395 e. The summed E-state index contributed by atoms with van der Waals surface area (Å²) in [7, 11) is 0. The van der Waals surface area contributed by atoms with Gasteiger partial charge in [-0.3, -0.25) is 4.79 Å². The second-order valence-electron chi connectivity index (χ2n) is 7.60. The summed E-state index contributed by atoms with van der Waals surface area (Å²) in [5.41, 5.74) is 3.28. The van der Waals surface area contributed by atoms with E-state index < -0.39 is 5.41 Å². The molecule has 4 rings (SSSR count). The van der Waals surface area contributed by atoms with E-state index in [1.165, 1.54) is 0 Å². The molecule has 6 nitrogen and oxygen atoms in total. The van der Waals surface area contributed by atoms with Crippen molar-refractivity contribution in [3.05, 3.63) is 89.3 Å². The Morgan fingerprint density at radius 2 is 1.87 bits per heavy atom. The smallest absolute Gasteiger partial charge is 0.232 e. The van der Waals surface area contributed by atoms with E-state index in [0.29, 0.717) is 17.1 Å². The van der Waals surface area contributed by atoms with Crippen molar-refractivity contribution in [1.82, 2.24) is 19.9 Å². The highest BCUT2D eigenvalue weighted by Crippen LogP contribution is 2.32. The summed E-state index contributed by atoms with van der Waals surface area (Å²) in [4.78, 5) is 17.8. The number of amides is 1. The lowest BCUT2D eigenvalue weighted by Gasteiger charge is -2.29. The van der Waals surface area contributed by atoms with Gasteiger partial charge in [0.15, 0.2) is 5.65 Å². The van der Waals surface area contributed by atoms with E-state index >= 15 is 0 Å². The second kappa shape index (κ2) is 8.88. The molecular weight excluding hydrogens is 412 g/mol. The SMILES string of the molecule is CC(Cc1ccccc1)(C(=O)NCCO)c1ccnc2c(-c3ccc(Cl)cc3)cnn12. The van der Waals surface area contributed by atoms with Gasteiger partial charge in [0.2, 0.25) is 5.91 Å². The second-order valence-corrected chi connectivity index (χ2v) is 8.04. The fourth-order valence-electron chi connectivity index (χ4n) is 3.80. The van der Waals surface area contributed by atoms with Gasteiger partial charge in [0.1, 0.15) is 0 Å². The molecule has 7 heteroatoms. The molecular formula is C24H23ClN4O2. The minimum atomic E-state index is -0.930. The lowest BCUT2D eigenvalue weighted by atomic mass is 9.79. The Kier molecular flexibility index (Phi) is 6.02. The minimum absolute atomic E-state index is 0.124. The zero-order valence-corrected chi connectivity index (χ0v) is 17.9. The number of nitrogens with one attached hydrogen (secondary N) is 1. The molecule has 4 aromatic rings. The van der Waals surface area contributed by atoms with Gasteiger partial charge in [-0.1, -0.05) is 54.1 Å². The fraction of sp³-hybridized carbons (Fsp3) is 0.208. The maximum atomic E-state index is 13.3. The van der Waals surface area contributed by atoms with Crippen LogP contribution in [0.4, 0.5) is 0 Å². The topological polar surface area (TPSA) is 79.5 Å². The molecule has 0 saturated heterocycles. The molecule has 0 radical (unpaired) electrons. The molecule has 0 aliphatic heterocycles. The average Bonchev–Trinajstić information content (AvgIpc) is 3.22. The van der Waals surface area contributed by atoms with Crippen LogP contribution in [0, 0.1) is 0 Å². The van der Waals surface area contributed by atoms with Gasteiger partial charge < -0.3 is 10.4 Å². The van der Waals surface area contributed by atoms with Crippen molar-refractivity contribution in [1.29, 1.82) is 0 Å². The highest BCUT2D eigenvalue weighted by atomic mass is 35.5. The first-order valence-corrected chi connectivity index (χ1v) is 10.4. The molecule has 0 aliphatic carbocycles. The number of aromatic nitrogens is 3. The van der Waals surface area contributed by atoms with E-state index in [-0.39, 0.29) is 19.1 Å². The summed E-state index contributed by atoms with van der Waals surface area (Å²) in [6.45, 7) is 1.96. The van der Waals surface area contributed by atoms with E-state index in [2.05, 4.69) is 15.4 Å². The highest BCUT2D eigenvalue weighted by molar-refractivity contribution is 6.30. The lowest BCUT2D eigenvalue weighted by Crippen LogP contribution is -2.46. The van der Waals surface area contributed by atoms with Gasteiger partial charge in [-0.05, 0) is 42.7 Å². The first-order valence-electron chi connectivity index (χ1n) is 10.0. The molecule has 1 atom stereocenters. The number of benzene rings is 2. The Labute approximate surface area is 185 Å². The normalized spacial score (nSPS) is 13.1. The molecule has 2 heterocycles. The Balaban J connectivity index is 1.83. The van der Waals surface area contributed by atoms with Crippen LogP contribution in [-0.2, 0) is 16.6 Å². The summed E-state index contributed by atoms with van der Waals surface area (Å²) in [5, 5.41) is 17.3. The van der Waals surface area contributed by atoms with Crippen molar-refractivity contribution in [3.8, 4) is 11.1 Å². The molecule has 2 aromatic carbocycles. The number of fused-ring (bicyclic) bond motifs is 1. The molecule has 1 amide bonds. The van der Waals surface area contributed by atoms with Crippen molar-refractivity contribution >= 4 is 23.2 Å². The number of rotatable bonds is 7. The molecule has 31 heavy (non-hydrogen) atoms. The zero-order valence-electron chi connectivity index (χ0n) is 17.1. The monoisotopic (exact) mass is 434 g/mol. The molecule has 0 aliphatic rings. The van der Waals surface area contributed by atoms with Gasteiger partial charge in [0, 0.05) is 23.3 Å². The summed E-state index contributed by atoms with van der Waals surface area (Å²) < 4.78 is 1.73. The van der Waals surface area contributed by atoms with Crippen LogP contribution in [0.5, 0.6) is 0 Å². The third kappa shape index (κ3) is 4.17. The molecule has 1 unspecified atom stereocenters. The Morgan fingerprint density at radius 3 is 2.58 bits per heavy atom. The number of carbonyl (C=O) groups excluding carboxylic acids is 1. The van der Waals surface area contributed by atoms with Gasteiger partial charge in [-0.2, -0.15) is 5.10 Å². The largest absolute Gasteiger partial charge is 0.395 e. The first-order chi connectivity index (χ1) is 15.0. The lowest BCUT2D eigenvalue weighted by molar-refractivity contribution is -0.126. The standard InChI is InChI=1S/C24H23ClN4O2/c1-24(23(31)27-13-14-30,15-17-5-3-2-4-6-17)21-11-12-26-22-20(16-28-29(21)22)18-7-9-19(25)10-8-18/h2-12,16,30H,13-15H2,1H3,(H,27,31). The predicted molar refractivity (Wildman–Crippen MR) is 121 cm³/mol. The molecule has 158 valence electrons. The number of halogens is 1. The molecule has 0 bridgehead atoms. The van der Waals surface area contributed by atoms with Gasteiger partial charge in [-0.15, -0.1) is 0 Å². The van der Waals surface area contributed by atoms with Crippen LogP contribution in [0.15, 0.2) is 73.1 Å². The third-order valence-corrected chi connectivity index (χ3v) is 5.67. The van der Waals surface area contributed by atoms with Crippen LogP contribution in [0.1, 0.15) is 18.2 Å². The zero-order chi connectivity index (χ0) is 21.8. The van der Waals surface area contributed by atoms with Gasteiger partial charge >= 0.3 is 0 Å². The number of carbonyl (C=O) groups is 1. The fourth-order valence-corrected chi connectivity index (χ4v) is 3.92. The number of hydrogen-bond donors (Lipinski definition) is 2. The predicted octanol–water partition coefficient (Wildman–Crippen LogP) is 3.66. The maximum absolute atomic E-state index is 13.3. The Bertz CT molecular complexity index is 1190. The van der Waals surface area contributed by atoms with Crippen LogP contribution in [0.25, 0.3) is 16.8 Å². The van der Waals surface area contributed by atoms with Crippen molar-refractivity contribution in [2.45, 2.75) is 18.8 Å². The van der Waals surface area contributed by atoms with E-state index in [9.17, 15) is 9.90 Å². The van der Waals surface area contributed by atoms with Gasteiger partial charge in [0.05, 0.1) is 23.9 Å². The Morgan fingerprint density at radius 1 is 1.13 bits per heavy atom. The van der Waals surface area contributed by atoms with Crippen LogP contribution in [-0.4, -0.2) is 38.8 Å². The number of aliphatic hydroxyl groups excluding tert-OH is 1. The third-order valence-electron chi connectivity index (χ3n) is 5.42. The highest BCUT2D eigenvalue weighted by Gasteiger charge is 2.38. The van der Waals surface area contributed by atoms with Gasteiger partial charge in [0.25, 0.3) is 0 Å². The van der Waals surface area contributed by atoms with Crippen molar-refractivity contribution in [2.75, 3.05) is 13.2 Å². The molecule has 0 fully saturated rings. The summed E-state index contributed by atoms with van der Waals surface area (Å²) in [6.07, 6.45) is 3.93. The summed E-state index contributed by atoms with van der Waals surface area (Å²) in [5.74, 6) is -0.179. The van der Waals surface area contributed by atoms with Crippen LogP contribution >= 0.6 is 11.6 Å². The quantitative estimate of drug-likeness (QED) is 0.465.